The molecule has 2 fully saturated rings. The molecule has 8 heteroatoms. The minimum Gasteiger partial charge on any atom is -0.384 e. The van der Waals surface area contributed by atoms with E-state index in [1.807, 2.05) is 33.8 Å². The van der Waals surface area contributed by atoms with E-state index < -0.39 is 0 Å². The summed E-state index contributed by atoms with van der Waals surface area (Å²) in [4.78, 5) is 22.0. The summed E-state index contributed by atoms with van der Waals surface area (Å²) in [6, 6.07) is 15.1. The molecule has 3 heterocycles. The molecule has 228 valence electrons. The number of ether oxygens (including phenoxy) is 1. The first-order chi connectivity index (χ1) is 19.7. The standard InChI is InChI=1S/C31H47N7O.C2H6.H2/c1-8-32-30(34-25-12-14-26(15-13-25)37-18-16-36(6)17-19-37)35-29-21-31(5,22-39-7)27(20-23(2)3)38(29)28-11-9-10-24(4)33-28;1-2;/h9-15,23,27H,8,16-22H2,1-7H3,(H,32,34);1-2H3;1H/b35-29+;;/t27-,31+;;/m1../s1. The van der Waals surface area contributed by atoms with Crippen LogP contribution in [0.4, 0.5) is 17.2 Å². The van der Waals surface area contributed by atoms with Gasteiger partial charge >= 0.3 is 0 Å². The minimum atomic E-state index is -0.0925. The molecule has 0 saturated carbocycles. The lowest BCUT2D eigenvalue weighted by molar-refractivity contribution is 0.0817. The van der Waals surface area contributed by atoms with Gasteiger partial charge in [0, 0.05) is 76.2 Å². The molecule has 4 rings (SSSR count). The maximum absolute atomic E-state index is 5.76. The van der Waals surface area contributed by atoms with Crippen LogP contribution in [0.15, 0.2) is 52.4 Å². The number of rotatable bonds is 8. The quantitative estimate of drug-likeness (QED) is 0.288. The topological polar surface area (TPSA) is 68.6 Å². The van der Waals surface area contributed by atoms with Crippen LogP contribution in [-0.2, 0) is 4.74 Å². The molecular formula is C33H55N7O. The molecule has 2 atom stereocenters. The summed E-state index contributed by atoms with van der Waals surface area (Å²) < 4.78 is 5.76. The number of anilines is 3. The lowest BCUT2D eigenvalue weighted by Crippen LogP contribution is -2.44. The lowest BCUT2D eigenvalue weighted by Gasteiger charge is -2.36. The Morgan fingerprint density at radius 3 is 2.39 bits per heavy atom. The second kappa shape index (κ2) is 15.3. The number of likely N-dealkylation sites (N-methyl/N-ethyl adjacent to an activating group) is 1. The number of nitrogens with zero attached hydrogens (tertiary/aromatic N) is 6. The van der Waals surface area contributed by atoms with Crippen LogP contribution < -0.4 is 15.1 Å². The molecule has 41 heavy (non-hydrogen) atoms. The fourth-order valence-corrected chi connectivity index (χ4v) is 5.74. The average molecular weight is 566 g/mol. The van der Waals surface area contributed by atoms with Gasteiger partial charge in [-0.25, -0.2) is 4.98 Å². The summed E-state index contributed by atoms with van der Waals surface area (Å²) in [6.07, 6.45) is 1.82. The zero-order chi connectivity index (χ0) is 30.0. The van der Waals surface area contributed by atoms with Gasteiger partial charge in [-0.05, 0) is 69.6 Å². The minimum absolute atomic E-state index is 0. The number of guanidine groups is 1. The zero-order valence-corrected chi connectivity index (χ0v) is 26.9. The van der Waals surface area contributed by atoms with Gasteiger partial charge in [-0.1, -0.05) is 40.7 Å². The number of aryl methyl sites for hydroxylation is 1. The first-order valence-corrected chi connectivity index (χ1v) is 15.4. The third-order valence-corrected chi connectivity index (χ3v) is 7.78. The molecule has 0 unspecified atom stereocenters. The first kappa shape index (κ1) is 32.5. The van der Waals surface area contributed by atoms with Crippen molar-refractivity contribution in [1.82, 2.24) is 9.88 Å². The summed E-state index contributed by atoms with van der Waals surface area (Å²) in [7, 11) is 3.98. The van der Waals surface area contributed by atoms with E-state index in [0.717, 1.165) is 62.1 Å². The highest BCUT2D eigenvalue weighted by Crippen LogP contribution is 2.43. The molecule has 2 aromatic rings. The molecule has 0 bridgehead atoms. The van der Waals surface area contributed by atoms with Crippen molar-refractivity contribution in [3.63, 3.8) is 0 Å². The van der Waals surface area contributed by atoms with Crippen LogP contribution in [0.1, 0.15) is 61.5 Å². The van der Waals surface area contributed by atoms with E-state index in [4.69, 9.17) is 19.7 Å². The van der Waals surface area contributed by atoms with Gasteiger partial charge in [-0.3, -0.25) is 4.99 Å². The number of hydrogen-bond donors (Lipinski definition) is 1. The molecule has 8 nitrogen and oxygen atoms in total. The van der Waals surface area contributed by atoms with E-state index in [1.54, 1.807) is 7.11 Å². The molecule has 0 aliphatic carbocycles. The second-order valence-electron chi connectivity index (χ2n) is 11.7. The SMILES string of the molecule is CC.CCN=C(/N=C1\C[C@@](C)(COC)[C@@H](CC(C)C)N1c1cccc(C)n1)Nc1ccc(N2CCN(C)CC2)cc1.[HH]. The molecule has 2 saturated heterocycles. The smallest absolute Gasteiger partial charge is 0.224 e. The number of aromatic nitrogens is 1. The maximum Gasteiger partial charge on any atom is 0.224 e. The van der Waals surface area contributed by atoms with Crippen LogP contribution >= 0.6 is 0 Å². The Balaban J connectivity index is 0.00000201. The number of amidine groups is 1. The summed E-state index contributed by atoms with van der Waals surface area (Å²) in [6.45, 7) is 20.6. The van der Waals surface area contributed by atoms with Crippen molar-refractivity contribution in [1.29, 1.82) is 0 Å². The van der Waals surface area contributed by atoms with Crippen molar-refractivity contribution in [3.05, 3.63) is 48.2 Å². The van der Waals surface area contributed by atoms with E-state index in [0.29, 0.717) is 25.0 Å². The van der Waals surface area contributed by atoms with E-state index in [1.165, 1.54) is 5.69 Å². The van der Waals surface area contributed by atoms with Crippen LogP contribution in [0.25, 0.3) is 0 Å². The summed E-state index contributed by atoms with van der Waals surface area (Å²) >= 11 is 0. The van der Waals surface area contributed by atoms with Crippen molar-refractivity contribution in [2.45, 2.75) is 67.3 Å². The predicted molar refractivity (Wildman–Crippen MR) is 178 cm³/mol. The van der Waals surface area contributed by atoms with E-state index >= 15 is 0 Å². The zero-order valence-electron chi connectivity index (χ0n) is 26.9. The van der Waals surface area contributed by atoms with Crippen molar-refractivity contribution in [3.8, 4) is 0 Å². The fraction of sp³-hybridized carbons (Fsp3) is 0.606. The maximum atomic E-state index is 5.76. The highest BCUT2D eigenvalue weighted by Gasteiger charge is 2.48. The number of pyridine rings is 1. The lowest BCUT2D eigenvalue weighted by atomic mass is 9.79. The van der Waals surface area contributed by atoms with Crippen LogP contribution in [0.2, 0.25) is 0 Å². The third-order valence-electron chi connectivity index (χ3n) is 7.78. The largest absolute Gasteiger partial charge is 0.384 e. The Morgan fingerprint density at radius 2 is 1.80 bits per heavy atom. The van der Waals surface area contributed by atoms with Gasteiger partial charge in [0.25, 0.3) is 0 Å². The third kappa shape index (κ3) is 8.52. The molecule has 1 aromatic carbocycles. The van der Waals surface area contributed by atoms with Gasteiger partial charge in [0.1, 0.15) is 11.7 Å². The van der Waals surface area contributed by atoms with Crippen LogP contribution in [-0.4, -0.2) is 81.2 Å². The van der Waals surface area contributed by atoms with Crippen LogP contribution in [0.3, 0.4) is 0 Å². The Kier molecular flexibility index (Phi) is 12.2. The number of piperazine rings is 1. The van der Waals surface area contributed by atoms with E-state index in [9.17, 15) is 0 Å². The normalized spacial score (nSPS) is 22.7. The molecule has 1 aromatic heterocycles. The number of nitrogens with one attached hydrogen (secondary N) is 1. The van der Waals surface area contributed by atoms with Gasteiger partial charge in [-0.15, -0.1) is 0 Å². The molecule has 2 aliphatic heterocycles. The van der Waals surface area contributed by atoms with Gasteiger partial charge < -0.3 is 24.8 Å². The highest BCUT2D eigenvalue weighted by atomic mass is 16.5. The summed E-state index contributed by atoms with van der Waals surface area (Å²) in [5.74, 6) is 3.07. The first-order valence-electron chi connectivity index (χ1n) is 15.4. The van der Waals surface area contributed by atoms with Crippen molar-refractivity contribution < 1.29 is 6.16 Å². The summed E-state index contributed by atoms with van der Waals surface area (Å²) in [5, 5.41) is 3.50. The molecule has 0 radical (unpaired) electrons. The fourth-order valence-electron chi connectivity index (χ4n) is 5.74. The van der Waals surface area contributed by atoms with E-state index in [-0.39, 0.29) is 12.9 Å². The molecule has 2 aliphatic rings. The Morgan fingerprint density at radius 1 is 1.12 bits per heavy atom. The molecular weight excluding hydrogens is 510 g/mol. The predicted octanol–water partition coefficient (Wildman–Crippen LogP) is 6.58. The monoisotopic (exact) mass is 565 g/mol. The number of methoxy groups -OCH3 is 1. The Hall–Kier alpha value is -2.97. The van der Waals surface area contributed by atoms with Gasteiger partial charge in [-0.2, -0.15) is 4.99 Å². The molecule has 1 N–H and O–H groups in total. The Bertz CT molecular complexity index is 1150. The van der Waals surface area contributed by atoms with Crippen LogP contribution in [0.5, 0.6) is 0 Å². The van der Waals surface area contributed by atoms with Crippen molar-refractivity contribution in [2.75, 3.05) is 68.6 Å². The van der Waals surface area contributed by atoms with E-state index in [2.05, 4.69) is 84.2 Å². The highest BCUT2D eigenvalue weighted by molar-refractivity contribution is 6.10. The number of hydrogen-bond acceptors (Lipinski definition) is 5. The Labute approximate surface area is 250 Å². The van der Waals surface area contributed by atoms with Crippen molar-refractivity contribution in [2.24, 2.45) is 21.3 Å². The molecule has 0 spiro atoms. The van der Waals surface area contributed by atoms with Crippen molar-refractivity contribution >= 4 is 29.0 Å². The van der Waals surface area contributed by atoms with Gasteiger partial charge in [0.05, 0.1) is 6.61 Å². The van der Waals surface area contributed by atoms with Crippen LogP contribution in [0, 0.1) is 18.3 Å². The number of aliphatic imine (C=N–C) groups is 2. The second-order valence-corrected chi connectivity index (χ2v) is 11.7. The van der Waals surface area contributed by atoms with Gasteiger partial charge in [0.2, 0.25) is 5.96 Å². The molecule has 0 amide bonds. The number of benzene rings is 1. The summed E-state index contributed by atoms with van der Waals surface area (Å²) in [5.41, 5.74) is 3.15. The average Bonchev–Trinajstić information content (AvgIpc) is 3.20. The van der Waals surface area contributed by atoms with Gasteiger partial charge in [0.15, 0.2) is 0 Å².